The monoisotopic (exact) mass is 856 g/mol. The molecule has 0 saturated heterocycles. The van der Waals surface area contributed by atoms with Crippen LogP contribution in [0.1, 0.15) is 11.5 Å². The summed E-state index contributed by atoms with van der Waals surface area (Å²) in [5.74, 6) is -0.333. The van der Waals surface area contributed by atoms with Gasteiger partial charge in [0, 0.05) is 67.9 Å². The third-order valence-corrected chi connectivity index (χ3v) is 13.0. The van der Waals surface area contributed by atoms with E-state index in [1.165, 1.54) is 29.8 Å². The highest BCUT2D eigenvalue weighted by molar-refractivity contribution is 6.10. The molecule has 12 rings (SSSR count). The van der Waals surface area contributed by atoms with E-state index in [2.05, 4.69) is 195 Å². The molecule has 10 aromatic rings. The van der Waals surface area contributed by atoms with E-state index in [-0.39, 0.29) is 23.6 Å². The van der Waals surface area contributed by atoms with E-state index in [1.807, 2.05) is 42.5 Å². The number of nitrogens with zero attached hydrogens (tertiary/aromatic N) is 4. The third kappa shape index (κ3) is 6.82. The van der Waals surface area contributed by atoms with E-state index >= 15 is 0 Å². The predicted octanol–water partition coefficient (Wildman–Crippen LogP) is 16.4. The van der Waals surface area contributed by atoms with Gasteiger partial charge in [-0.05, 0) is 156 Å². The van der Waals surface area contributed by atoms with Crippen LogP contribution in [0.15, 0.2) is 243 Å². The minimum absolute atomic E-state index is 0.104. The van der Waals surface area contributed by atoms with E-state index < -0.39 is 0 Å². The van der Waals surface area contributed by atoms with Crippen LogP contribution in [0.2, 0.25) is 0 Å². The van der Waals surface area contributed by atoms with Gasteiger partial charge in [-0.25, -0.2) is 8.78 Å². The lowest BCUT2D eigenvalue weighted by atomic mass is 9.91. The van der Waals surface area contributed by atoms with Gasteiger partial charge in [-0.15, -0.1) is 0 Å². The molecule has 1 aromatic heterocycles. The summed E-state index contributed by atoms with van der Waals surface area (Å²) < 4.78 is 30.2. The second-order valence-corrected chi connectivity index (χ2v) is 16.8. The number of allylic oxidation sites excluding steroid dienone is 2. The molecule has 0 saturated carbocycles. The normalized spacial score (nSPS) is 15.0. The molecule has 0 bridgehead atoms. The number of halogens is 2. The molecule has 316 valence electrons. The summed E-state index contributed by atoms with van der Waals surface area (Å²) in [4.78, 5) is 6.94. The zero-order valence-electron chi connectivity index (χ0n) is 35.8. The maximum Gasteiger partial charge on any atom is 0.123 e. The summed E-state index contributed by atoms with van der Waals surface area (Å²) in [6.45, 7) is 0. The topological polar surface area (TPSA) is 14.7 Å². The average molecular weight is 857 g/mol. The van der Waals surface area contributed by atoms with Crippen LogP contribution in [0.25, 0.3) is 38.6 Å². The van der Waals surface area contributed by atoms with Crippen molar-refractivity contribution in [1.29, 1.82) is 0 Å². The maximum atomic E-state index is 14.0. The first-order valence-electron chi connectivity index (χ1n) is 22.3. The Labute approximate surface area is 382 Å². The molecule has 1 aliphatic carbocycles. The quantitative estimate of drug-likeness (QED) is 0.144. The minimum atomic E-state index is -0.254. The van der Waals surface area contributed by atoms with Gasteiger partial charge in [-0.3, -0.25) is 0 Å². The van der Waals surface area contributed by atoms with Crippen molar-refractivity contribution in [3.05, 3.63) is 260 Å². The molecule has 2 unspecified atom stereocenters. The SMILES string of the molecule is Fc1ccc(N2c3ccc(N(c4ccccc4)c4ccc(-c5ccc(N(c6ccccc6)c6ccc7c(c6)c6ccccc6n7-c6ccc(F)cc6)cc5)cc4)cc3C3C=CC=CC32)cc1. The van der Waals surface area contributed by atoms with Crippen LogP contribution in [0.4, 0.5) is 54.3 Å². The van der Waals surface area contributed by atoms with E-state index in [0.29, 0.717) is 0 Å². The zero-order valence-corrected chi connectivity index (χ0v) is 35.8. The van der Waals surface area contributed by atoms with Gasteiger partial charge in [-0.1, -0.05) is 103 Å². The fourth-order valence-corrected chi connectivity index (χ4v) is 9.99. The lowest BCUT2D eigenvalue weighted by Gasteiger charge is -2.28. The molecule has 2 heterocycles. The van der Waals surface area contributed by atoms with E-state index in [4.69, 9.17) is 0 Å². The number of anilines is 8. The van der Waals surface area contributed by atoms with Crippen LogP contribution in [0.3, 0.4) is 0 Å². The lowest BCUT2D eigenvalue weighted by Crippen LogP contribution is -2.28. The smallest absolute Gasteiger partial charge is 0.123 e. The molecule has 6 heteroatoms. The van der Waals surface area contributed by atoms with Crippen molar-refractivity contribution in [1.82, 2.24) is 4.57 Å². The Bertz CT molecular complexity index is 3430. The fourth-order valence-electron chi connectivity index (χ4n) is 9.99. The summed E-state index contributed by atoms with van der Waals surface area (Å²) in [5, 5.41) is 2.25. The molecular formula is C60H42F2N4. The molecule has 66 heavy (non-hydrogen) atoms. The number of para-hydroxylation sites is 3. The first-order valence-corrected chi connectivity index (χ1v) is 22.3. The van der Waals surface area contributed by atoms with E-state index in [9.17, 15) is 8.78 Å². The Kier molecular flexibility index (Phi) is 9.64. The van der Waals surface area contributed by atoms with Crippen molar-refractivity contribution >= 4 is 67.3 Å². The first kappa shape index (κ1) is 39.1. The molecule has 0 amide bonds. The molecule has 2 atom stereocenters. The number of rotatable bonds is 9. The number of fused-ring (bicyclic) bond motifs is 6. The molecule has 9 aromatic carbocycles. The average Bonchev–Trinajstić information content (AvgIpc) is 3.88. The van der Waals surface area contributed by atoms with Gasteiger partial charge in [0.2, 0.25) is 0 Å². The van der Waals surface area contributed by atoms with Crippen molar-refractivity contribution in [3.63, 3.8) is 0 Å². The highest BCUT2D eigenvalue weighted by Crippen LogP contribution is 2.50. The van der Waals surface area contributed by atoms with Crippen molar-refractivity contribution in [2.75, 3.05) is 14.7 Å². The Morgan fingerprint density at radius 1 is 0.379 bits per heavy atom. The van der Waals surface area contributed by atoms with Gasteiger partial charge in [-0.2, -0.15) is 0 Å². The van der Waals surface area contributed by atoms with Crippen molar-refractivity contribution in [3.8, 4) is 16.8 Å². The Balaban J connectivity index is 0.880. The standard InChI is InChI=1S/C60H42F2N4/c61-43-23-31-49(32-24-43)65-57-17-9-7-15-53(57)55-39-51(35-37-59(55)65)63(45-11-3-1-4-12-45)47-27-19-41(20-28-47)42-21-29-48(30-22-42)64(46-13-5-2-6-14-46)52-36-38-60-56(40-52)54-16-8-10-18-58(54)66(60)50-33-25-44(62)26-34-50/h1-40,53,57H. The summed E-state index contributed by atoms with van der Waals surface area (Å²) in [6.07, 6.45) is 8.75. The molecule has 0 spiro atoms. The Morgan fingerprint density at radius 3 is 1.48 bits per heavy atom. The molecule has 4 nitrogen and oxygen atoms in total. The van der Waals surface area contributed by atoms with E-state index in [1.54, 1.807) is 0 Å². The number of hydrogen-bond acceptors (Lipinski definition) is 3. The molecule has 2 aliphatic rings. The van der Waals surface area contributed by atoms with Crippen molar-refractivity contribution in [2.45, 2.75) is 12.0 Å². The van der Waals surface area contributed by atoms with Crippen LogP contribution < -0.4 is 14.7 Å². The second kappa shape index (κ2) is 16.3. The number of hydrogen-bond donors (Lipinski definition) is 0. The molecule has 1 aliphatic heterocycles. The molecule has 0 radical (unpaired) electrons. The Morgan fingerprint density at radius 2 is 0.864 bits per heavy atom. The number of benzene rings is 9. The summed E-state index contributed by atoms with van der Waals surface area (Å²) >= 11 is 0. The zero-order chi connectivity index (χ0) is 44.1. The van der Waals surface area contributed by atoms with Gasteiger partial charge in [0.1, 0.15) is 11.6 Å². The largest absolute Gasteiger partial charge is 0.333 e. The van der Waals surface area contributed by atoms with Crippen LogP contribution in [-0.2, 0) is 0 Å². The minimum Gasteiger partial charge on any atom is -0.333 e. The van der Waals surface area contributed by atoms with Crippen molar-refractivity contribution < 1.29 is 8.78 Å². The van der Waals surface area contributed by atoms with Crippen LogP contribution >= 0.6 is 0 Å². The predicted molar refractivity (Wildman–Crippen MR) is 269 cm³/mol. The molecule has 0 N–H and O–H groups in total. The van der Waals surface area contributed by atoms with Crippen LogP contribution in [0, 0.1) is 11.6 Å². The van der Waals surface area contributed by atoms with Crippen molar-refractivity contribution in [2.24, 2.45) is 0 Å². The molecule has 0 fully saturated rings. The fraction of sp³-hybridized carbons (Fsp3) is 0.0333. The Hall–Kier alpha value is -8.48. The number of aromatic nitrogens is 1. The van der Waals surface area contributed by atoms with Crippen LogP contribution in [0.5, 0.6) is 0 Å². The summed E-state index contributed by atoms with van der Waals surface area (Å²) in [7, 11) is 0. The van der Waals surface area contributed by atoms with Gasteiger partial charge in [0.25, 0.3) is 0 Å². The second-order valence-electron chi connectivity index (χ2n) is 16.8. The van der Waals surface area contributed by atoms with Gasteiger partial charge >= 0.3 is 0 Å². The summed E-state index contributed by atoms with van der Waals surface area (Å²) in [6, 6.07) is 73.9. The maximum absolute atomic E-state index is 14.0. The van der Waals surface area contributed by atoms with E-state index in [0.717, 1.165) is 84.1 Å². The third-order valence-electron chi connectivity index (χ3n) is 13.0. The molecular weight excluding hydrogens is 815 g/mol. The summed E-state index contributed by atoms with van der Waals surface area (Å²) in [5.41, 5.74) is 14.9. The van der Waals surface area contributed by atoms with Gasteiger partial charge in [0.05, 0.1) is 17.1 Å². The van der Waals surface area contributed by atoms with Gasteiger partial charge < -0.3 is 19.3 Å². The van der Waals surface area contributed by atoms with Gasteiger partial charge in [0.15, 0.2) is 0 Å². The first-order chi connectivity index (χ1) is 32.6. The highest BCUT2D eigenvalue weighted by atomic mass is 19.1. The van der Waals surface area contributed by atoms with Crippen LogP contribution in [-0.4, -0.2) is 10.6 Å². The lowest BCUT2D eigenvalue weighted by molar-refractivity contribution is 0.627. The highest BCUT2D eigenvalue weighted by Gasteiger charge is 2.38.